The van der Waals surface area contributed by atoms with Crippen LogP contribution in [-0.4, -0.2) is 24.6 Å². The highest BCUT2D eigenvalue weighted by Crippen LogP contribution is 2.10. The van der Waals surface area contributed by atoms with Gasteiger partial charge in [-0.2, -0.15) is 0 Å². The Morgan fingerprint density at radius 2 is 2.50 bits per heavy atom. The Hall–Kier alpha value is -1.32. The van der Waals surface area contributed by atoms with E-state index in [2.05, 4.69) is 4.74 Å². The average molecular weight is 170 g/mol. The molecule has 1 heterocycles. The Morgan fingerprint density at radius 1 is 1.75 bits per heavy atom. The second-order valence-electron chi connectivity index (χ2n) is 2.38. The fraction of sp³-hybridized carbons (Fsp3) is 0.500. The summed E-state index contributed by atoms with van der Waals surface area (Å²) in [6.07, 6.45) is 2.59. The Balaban J connectivity index is 2.40. The second kappa shape index (κ2) is 3.90. The molecule has 4 heteroatoms. The Morgan fingerprint density at radius 3 is 3.00 bits per heavy atom. The zero-order valence-electron chi connectivity index (χ0n) is 6.78. The molecule has 0 amide bonds. The lowest BCUT2D eigenvalue weighted by molar-refractivity contribution is -0.156. The summed E-state index contributed by atoms with van der Waals surface area (Å²) in [4.78, 5) is 21.6. The Labute approximate surface area is 70.1 Å². The highest BCUT2D eigenvalue weighted by molar-refractivity contribution is 5.86. The molecule has 1 rings (SSSR count). The van der Waals surface area contributed by atoms with E-state index in [1.54, 1.807) is 13.0 Å². The molecule has 0 aromatic heterocycles. The van der Waals surface area contributed by atoms with Crippen molar-refractivity contribution in [3.05, 3.63) is 12.2 Å². The third-order valence-electron chi connectivity index (χ3n) is 1.45. The van der Waals surface area contributed by atoms with Crippen LogP contribution in [0.5, 0.6) is 0 Å². The first kappa shape index (κ1) is 8.77. The summed E-state index contributed by atoms with van der Waals surface area (Å²) >= 11 is 0. The summed E-state index contributed by atoms with van der Waals surface area (Å²) in [7, 11) is 0. The van der Waals surface area contributed by atoms with Crippen LogP contribution in [0.25, 0.3) is 0 Å². The van der Waals surface area contributed by atoms with E-state index in [9.17, 15) is 9.59 Å². The van der Waals surface area contributed by atoms with Crippen molar-refractivity contribution in [2.75, 3.05) is 6.61 Å². The lowest BCUT2D eigenvalue weighted by Gasteiger charge is -2.04. The predicted molar refractivity (Wildman–Crippen MR) is 40.3 cm³/mol. The highest BCUT2D eigenvalue weighted by Gasteiger charge is 2.29. The molecule has 1 unspecified atom stereocenters. The first-order chi connectivity index (χ1) is 5.74. The van der Waals surface area contributed by atoms with Gasteiger partial charge in [0, 0.05) is 12.5 Å². The molecule has 0 N–H and O–H groups in total. The molecule has 0 aromatic carbocycles. The van der Waals surface area contributed by atoms with Crippen LogP contribution in [0, 0.1) is 0 Å². The molecular formula is C8H10O4. The summed E-state index contributed by atoms with van der Waals surface area (Å²) in [6, 6.07) is 0. The van der Waals surface area contributed by atoms with E-state index >= 15 is 0 Å². The van der Waals surface area contributed by atoms with Crippen LogP contribution < -0.4 is 0 Å². The molecule has 4 nitrogen and oxygen atoms in total. The third-order valence-corrected chi connectivity index (χ3v) is 1.45. The van der Waals surface area contributed by atoms with Crippen LogP contribution in [0.3, 0.4) is 0 Å². The molecule has 0 aromatic rings. The van der Waals surface area contributed by atoms with Gasteiger partial charge in [-0.1, -0.05) is 6.08 Å². The van der Waals surface area contributed by atoms with E-state index in [4.69, 9.17) is 4.74 Å². The maximum atomic E-state index is 10.8. The molecule has 1 saturated heterocycles. The normalized spacial score (nSPS) is 22.8. The van der Waals surface area contributed by atoms with Crippen molar-refractivity contribution < 1.29 is 19.1 Å². The van der Waals surface area contributed by atoms with Crippen LogP contribution >= 0.6 is 0 Å². The minimum Gasteiger partial charge on any atom is -0.463 e. The standard InChI is InChI=1S/C8H10O4/c1-2-3-7(9)12-6-4-5-11-8(6)10/h2-3,6H,4-5H2,1H3/b3-2+. The van der Waals surface area contributed by atoms with Gasteiger partial charge in [0.2, 0.25) is 6.10 Å². The van der Waals surface area contributed by atoms with Gasteiger partial charge in [-0.3, -0.25) is 0 Å². The average Bonchev–Trinajstić information content (AvgIpc) is 2.37. The summed E-state index contributed by atoms with van der Waals surface area (Å²) in [6.45, 7) is 2.04. The molecule has 0 bridgehead atoms. The number of cyclic esters (lactones) is 1. The molecule has 12 heavy (non-hydrogen) atoms. The molecule has 1 aliphatic rings. The minimum absolute atomic E-state index is 0.340. The molecule has 66 valence electrons. The van der Waals surface area contributed by atoms with E-state index in [0.29, 0.717) is 13.0 Å². The Kier molecular flexibility index (Phi) is 2.85. The van der Waals surface area contributed by atoms with E-state index in [0.717, 1.165) is 0 Å². The lowest BCUT2D eigenvalue weighted by Crippen LogP contribution is -2.21. The second-order valence-corrected chi connectivity index (χ2v) is 2.38. The predicted octanol–water partition coefficient (Wildman–Crippen LogP) is 0.421. The summed E-state index contributed by atoms with van der Waals surface area (Å²) in [5.41, 5.74) is 0. The smallest absolute Gasteiger partial charge is 0.347 e. The summed E-state index contributed by atoms with van der Waals surface area (Å²) < 4.78 is 9.37. The van der Waals surface area contributed by atoms with Gasteiger partial charge in [-0.25, -0.2) is 9.59 Å². The van der Waals surface area contributed by atoms with E-state index in [1.807, 2.05) is 0 Å². The van der Waals surface area contributed by atoms with Gasteiger partial charge >= 0.3 is 11.9 Å². The van der Waals surface area contributed by atoms with Crippen molar-refractivity contribution in [1.82, 2.24) is 0 Å². The number of esters is 2. The Bertz CT molecular complexity index is 219. The van der Waals surface area contributed by atoms with Crippen molar-refractivity contribution in [3.63, 3.8) is 0 Å². The van der Waals surface area contributed by atoms with E-state index < -0.39 is 18.0 Å². The molecule has 0 saturated carbocycles. The van der Waals surface area contributed by atoms with Crippen molar-refractivity contribution in [1.29, 1.82) is 0 Å². The molecule has 1 atom stereocenters. The number of carbonyl (C=O) groups is 2. The zero-order valence-corrected chi connectivity index (χ0v) is 6.78. The van der Waals surface area contributed by atoms with Gasteiger partial charge in [0.25, 0.3) is 0 Å². The van der Waals surface area contributed by atoms with Gasteiger partial charge in [-0.05, 0) is 6.92 Å². The summed E-state index contributed by atoms with van der Waals surface area (Å²) in [5.74, 6) is -0.950. The zero-order chi connectivity index (χ0) is 8.97. The largest absolute Gasteiger partial charge is 0.463 e. The third kappa shape index (κ3) is 2.08. The van der Waals surface area contributed by atoms with Gasteiger partial charge < -0.3 is 9.47 Å². The number of hydrogen-bond donors (Lipinski definition) is 0. The fourth-order valence-electron chi connectivity index (χ4n) is 0.900. The van der Waals surface area contributed by atoms with Gasteiger partial charge in [0.15, 0.2) is 0 Å². The number of allylic oxidation sites excluding steroid dienone is 1. The molecule has 1 fully saturated rings. The van der Waals surface area contributed by atoms with Crippen molar-refractivity contribution >= 4 is 11.9 Å². The van der Waals surface area contributed by atoms with E-state index in [-0.39, 0.29) is 0 Å². The minimum atomic E-state index is -0.700. The van der Waals surface area contributed by atoms with Gasteiger partial charge in [0.05, 0.1) is 6.61 Å². The number of rotatable bonds is 2. The number of ether oxygens (including phenoxy) is 2. The number of carbonyl (C=O) groups excluding carboxylic acids is 2. The molecule has 0 radical (unpaired) electrons. The monoisotopic (exact) mass is 170 g/mol. The number of hydrogen-bond acceptors (Lipinski definition) is 4. The topological polar surface area (TPSA) is 52.6 Å². The van der Waals surface area contributed by atoms with Crippen LogP contribution in [-0.2, 0) is 19.1 Å². The van der Waals surface area contributed by atoms with Crippen molar-refractivity contribution in [3.8, 4) is 0 Å². The lowest BCUT2D eigenvalue weighted by atomic mass is 10.3. The first-order valence-corrected chi connectivity index (χ1v) is 3.74. The van der Waals surface area contributed by atoms with Crippen molar-refractivity contribution in [2.24, 2.45) is 0 Å². The first-order valence-electron chi connectivity index (χ1n) is 3.74. The van der Waals surface area contributed by atoms with Crippen LogP contribution in [0.1, 0.15) is 13.3 Å². The van der Waals surface area contributed by atoms with Crippen LogP contribution in [0.4, 0.5) is 0 Å². The van der Waals surface area contributed by atoms with Gasteiger partial charge in [0.1, 0.15) is 0 Å². The molecule has 1 aliphatic heterocycles. The summed E-state index contributed by atoms with van der Waals surface area (Å²) in [5, 5.41) is 0. The van der Waals surface area contributed by atoms with Crippen molar-refractivity contribution in [2.45, 2.75) is 19.4 Å². The molecular weight excluding hydrogens is 160 g/mol. The van der Waals surface area contributed by atoms with Gasteiger partial charge in [-0.15, -0.1) is 0 Å². The van der Waals surface area contributed by atoms with E-state index in [1.165, 1.54) is 6.08 Å². The van der Waals surface area contributed by atoms with Crippen LogP contribution in [0.2, 0.25) is 0 Å². The van der Waals surface area contributed by atoms with Crippen LogP contribution in [0.15, 0.2) is 12.2 Å². The molecule has 0 aliphatic carbocycles. The SMILES string of the molecule is C/C=C/C(=O)OC1CCOC1=O. The molecule has 0 spiro atoms. The maximum absolute atomic E-state index is 10.8. The quantitative estimate of drug-likeness (QED) is 0.445. The maximum Gasteiger partial charge on any atom is 0.347 e. The fourth-order valence-corrected chi connectivity index (χ4v) is 0.900. The highest BCUT2D eigenvalue weighted by atomic mass is 16.6.